The summed E-state index contributed by atoms with van der Waals surface area (Å²) in [6.45, 7) is 6.33. The Balaban J connectivity index is 1.43. The normalized spacial score (nSPS) is 20.6. The molecule has 1 amide bonds. The van der Waals surface area contributed by atoms with Crippen LogP contribution in [0.15, 0.2) is 48.7 Å². The lowest BCUT2D eigenvalue weighted by atomic mass is 10.1. The number of benzene rings is 2. The maximum atomic E-state index is 13.1. The topological polar surface area (TPSA) is 89.0 Å². The summed E-state index contributed by atoms with van der Waals surface area (Å²) in [6.07, 6.45) is 1.56. The summed E-state index contributed by atoms with van der Waals surface area (Å²) in [4.78, 5) is 26.4. The summed E-state index contributed by atoms with van der Waals surface area (Å²) in [5, 5.41) is 3.22. The molecule has 1 aromatic heterocycles. The molecule has 4 bridgehead atoms. The molecule has 9 heteroatoms. The average molecular weight is 504 g/mol. The van der Waals surface area contributed by atoms with Crippen LogP contribution in [0.1, 0.15) is 22.5 Å². The number of anilines is 1. The minimum atomic E-state index is -0.207. The zero-order valence-corrected chi connectivity index (χ0v) is 21.7. The number of nitrogens with one attached hydrogen (secondary N) is 1. The van der Waals surface area contributed by atoms with Gasteiger partial charge in [0.05, 0.1) is 43.8 Å². The summed E-state index contributed by atoms with van der Waals surface area (Å²) in [7, 11) is 3.55. The standard InChI is InChI=1S/C28H33N5O4/c1-18-12-29-19(2)28(30-18)33-14-23-26(15-33)36-17-21-6-5-7-22(10-21)37-25-11-20(8-9-24(25)35-4)13-32(3)16-27(34)31-23/h5-12,23,26H,13-17H2,1-4H3,(H,31,34)/t23-,26-/m0/s1. The fourth-order valence-corrected chi connectivity index (χ4v) is 4.87. The van der Waals surface area contributed by atoms with E-state index in [1.807, 2.05) is 68.3 Å². The fourth-order valence-electron chi connectivity index (χ4n) is 4.87. The van der Waals surface area contributed by atoms with Crippen molar-refractivity contribution < 1.29 is 19.0 Å². The van der Waals surface area contributed by atoms with E-state index in [4.69, 9.17) is 19.2 Å². The van der Waals surface area contributed by atoms with Crippen LogP contribution in [0.5, 0.6) is 17.2 Å². The molecule has 1 N–H and O–H groups in total. The first-order chi connectivity index (χ1) is 17.9. The number of carbonyl (C=O) groups is 1. The van der Waals surface area contributed by atoms with Gasteiger partial charge in [0, 0.05) is 25.8 Å². The van der Waals surface area contributed by atoms with Gasteiger partial charge in [-0.2, -0.15) is 0 Å². The predicted octanol–water partition coefficient (Wildman–Crippen LogP) is 3.23. The lowest BCUT2D eigenvalue weighted by molar-refractivity contribution is -0.123. The van der Waals surface area contributed by atoms with Crippen LogP contribution in [0.4, 0.5) is 5.82 Å². The predicted molar refractivity (Wildman–Crippen MR) is 140 cm³/mol. The number of nitrogens with zero attached hydrogens (tertiary/aromatic N) is 4. The van der Waals surface area contributed by atoms with Crippen LogP contribution in [0.3, 0.4) is 0 Å². The van der Waals surface area contributed by atoms with Crippen molar-refractivity contribution in [3.8, 4) is 17.2 Å². The fraction of sp³-hybridized carbons (Fsp3) is 0.393. The van der Waals surface area contributed by atoms with Gasteiger partial charge in [-0.05, 0) is 56.3 Å². The molecule has 2 aliphatic heterocycles. The van der Waals surface area contributed by atoms with Crippen molar-refractivity contribution in [3.05, 3.63) is 71.2 Å². The molecule has 0 aliphatic carbocycles. The number of fused-ring (bicyclic) bond motifs is 5. The number of hydrogen-bond donors (Lipinski definition) is 1. The summed E-state index contributed by atoms with van der Waals surface area (Å²) in [6, 6.07) is 13.5. The number of amides is 1. The van der Waals surface area contributed by atoms with Crippen molar-refractivity contribution in [2.75, 3.05) is 38.7 Å². The van der Waals surface area contributed by atoms with Crippen LogP contribution in [0, 0.1) is 13.8 Å². The molecule has 0 spiro atoms. The van der Waals surface area contributed by atoms with E-state index in [0.29, 0.717) is 43.5 Å². The highest BCUT2D eigenvalue weighted by Gasteiger charge is 2.36. The Kier molecular flexibility index (Phi) is 7.25. The Morgan fingerprint density at radius 3 is 2.78 bits per heavy atom. The van der Waals surface area contributed by atoms with Crippen molar-refractivity contribution in [1.82, 2.24) is 20.2 Å². The second kappa shape index (κ2) is 10.7. The van der Waals surface area contributed by atoms with Crippen LogP contribution in [-0.2, 0) is 22.7 Å². The minimum absolute atomic E-state index is 0.0472. The summed E-state index contributed by atoms with van der Waals surface area (Å²) in [5.41, 5.74) is 3.72. The molecule has 3 aromatic rings. The number of likely N-dealkylation sites (N-methyl/N-ethyl adjacent to an activating group) is 1. The van der Waals surface area contributed by atoms with E-state index in [-0.39, 0.29) is 24.6 Å². The van der Waals surface area contributed by atoms with Crippen LogP contribution < -0.4 is 19.7 Å². The van der Waals surface area contributed by atoms with E-state index in [1.54, 1.807) is 13.3 Å². The number of ether oxygens (including phenoxy) is 3. The van der Waals surface area contributed by atoms with E-state index in [0.717, 1.165) is 28.3 Å². The van der Waals surface area contributed by atoms with Gasteiger partial charge in [-0.3, -0.25) is 14.7 Å². The van der Waals surface area contributed by atoms with Gasteiger partial charge in [0.15, 0.2) is 17.3 Å². The molecule has 5 rings (SSSR count). The zero-order valence-electron chi connectivity index (χ0n) is 21.7. The first kappa shape index (κ1) is 25.0. The van der Waals surface area contributed by atoms with Crippen LogP contribution in [0.2, 0.25) is 0 Å². The molecule has 2 aromatic carbocycles. The van der Waals surface area contributed by atoms with Gasteiger partial charge in [-0.25, -0.2) is 4.98 Å². The van der Waals surface area contributed by atoms with E-state index in [1.165, 1.54) is 0 Å². The molecule has 0 saturated carbocycles. The van der Waals surface area contributed by atoms with Gasteiger partial charge < -0.3 is 24.4 Å². The van der Waals surface area contributed by atoms with Gasteiger partial charge in [0.2, 0.25) is 5.91 Å². The van der Waals surface area contributed by atoms with Crippen molar-refractivity contribution in [3.63, 3.8) is 0 Å². The van der Waals surface area contributed by atoms with Crippen LogP contribution >= 0.6 is 0 Å². The number of aromatic nitrogens is 2. The van der Waals surface area contributed by atoms with Crippen molar-refractivity contribution in [2.45, 2.75) is 39.1 Å². The summed E-state index contributed by atoms with van der Waals surface area (Å²) in [5.74, 6) is 2.77. The van der Waals surface area contributed by atoms with Crippen molar-refractivity contribution >= 4 is 11.7 Å². The third-order valence-corrected chi connectivity index (χ3v) is 6.65. The van der Waals surface area contributed by atoms with E-state index >= 15 is 0 Å². The van der Waals surface area contributed by atoms with Crippen LogP contribution in [0.25, 0.3) is 0 Å². The highest BCUT2D eigenvalue weighted by Crippen LogP contribution is 2.33. The smallest absolute Gasteiger partial charge is 0.234 e. The van der Waals surface area contributed by atoms with Crippen molar-refractivity contribution in [1.29, 1.82) is 0 Å². The number of rotatable bonds is 2. The highest BCUT2D eigenvalue weighted by atomic mass is 16.5. The van der Waals surface area contributed by atoms with E-state index in [9.17, 15) is 4.79 Å². The van der Waals surface area contributed by atoms with Gasteiger partial charge in [0.1, 0.15) is 5.75 Å². The Morgan fingerprint density at radius 2 is 1.95 bits per heavy atom. The molecule has 37 heavy (non-hydrogen) atoms. The Bertz CT molecular complexity index is 1280. The Morgan fingerprint density at radius 1 is 1.08 bits per heavy atom. The molecule has 1 saturated heterocycles. The van der Waals surface area contributed by atoms with Gasteiger partial charge in [0.25, 0.3) is 0 Å². The molecular formula is C28H33N5O4. The number of aryl methyl sites for hydroxylation is 2. The van der Waals surface area contributed by atoms with Crippen molar-refractivity contribution in [2.24, 2.45) is 0 Å². The van der Waals surface area contributed by atoms with E-state index < -0.39 is 0 Å². The molecule has 2 aliphatic rings. The van der Waals surface area contributed by atoms with Gasteiger partial charge in [-0.1, -0.05) is 18.2 Å². The second-order valence-electron chi connectivity index (χ2n) is 9.76. The molecule has 9 nitrogen and oxygen atoms in total. The SMILES string of the molecule is COc1ccc2cc1Oc1cccc(c1)CO[C@H]1CN(c3nc(C)cnc3C)C[C@@H]1NC(=O)CN(C)C2. The maximum Gasteiger partial charge on any atom is 0.234 e. The van der Waals surface area contributed by atoms with Gasteiger partial charge >= 0.3 is 0 Å². The molecule has 2 atom stereocenters. The number of methoxy groups -OCH3 is 1. The molecule has 1 fully saturated rings. The first-order valence-corrected chi connectivity index (χ1v) is 12.5. The molecule has 194 valence electrons. The first-order valence-electron chi connectivity index (χ1n) is 12.5. The number of carbonyl (C=O) groups excluding carboxylic acids is 1. The van der Waals surface area contributed by atoms with Crippen LogP contribution in [-0.4, -0.2) is 66.7 Å². The van der Waals surface area contributed by atoms with Gasteiger partial charge in [-0.15, -0.1) is 0 Å². The molecule has 3 heterocycles. The lowest BCUT2D eigenvalue weighted by Gasteiger charge is -2.23. The monoisotopic (exact) mass is 503 g/mol. The zero-order chi connectivity index (χ0) is 25.9. The average Bonchev–Trinajstić information content (AvgIpc) is 3.26. The highest BCUT2D eigenvalue weighted by molar-refractivity contribution is 5.78. The third kappa shape index (κ3) is 5.84. The Hall–Kier alpha value is -3.69. The molecular weight excluding hydrogens is 470 g/mol. The maximum absolute atomic E-state index is 13.1. The quantitative estimate of drug-likeness (QED) is 0.570. The minimum Gasteiger partial charge on any atom is -0.493 e. The largest absolute Gasteiger partial charge is 0.493 e. The molecule has 0 unspecified atom stereocenters. The third-order valence-electron chi connectivity index (χ3n) is 6.65. The number of hydrogen-bond acceptors (Lipinski definition) is 8. The Labute approximate surface area is 217 Å². The lowest BCUT2D eigenvalue weighted by Crippen LogP contribution is -2.47. The summed E-state index contributed by atoms with van der Waals surface area (Å²) >= 11 is 0. The second-order valence-corrected chi connectivity index (χ2v) is 9.76. The van der Waals surface area contributed by atoms with E-state index in [2.05, 4.69) is 15.2 Å². The summed E-state index contributed by atoms with van der Waals surface area (Å²) < 4.78 is 18.1. The molecule has 0 radical (unpaired) electrons.